The van der Waals surface area contributed by atoms with Crippen LogP contribution in [0.25, 0.3) is 5.57 Å². The lowest BCUT2D eigenvalue weighted by Gasteiger charge is -2.24. The van der Waals surface area contributed by atoms with Gasteiger partial charge in [-0.2, -0.15) is 0 Å². The van der Waals surface area contributed by atoms with Crippen LogP contribution in [0.5, 0.6) is 0 Å². The Kier molecular flexibility index (Phi) is 2.70. The molecule has 0 atom stereocenters. The van der Waals surface area contributed by atoms with E-state index in [4.69, 9.17) is 0 Å². The van der Waals surface area contributed by atoms with Gasteiger partial charge in [-0.15, -0.1) is 0 Å². The van der Waals surface area contributed by atoms with Crippen molar-refractivity contribution in [2.45, 2.75) is 26.1 Å². The smallest absolute Gasteiger partial charge is 0.186 e. The molecule has 0 saturated carbocycles. The fraction of sp³-hybridized carbons (Fsp3) is 0.286. The minimum Gasteiger partial charge on any atom is -0.362 e. The fourth-order valence-electron chi connectivity index (χ4n) is 2.10. The molecular formula is C14H16O2. The second kappa shape index (κ2) is 3.89. The van der Waals surface area contributed by atoms with Crippen molar-refractivity contribution < 1.29 is 10.2 Å². The second-order valence-corrected chi connectivity index (χ2v) is 4.40. The predicted molar refractivity (Wildman–Crippen MR) is 64.7 cm³/mol. The van der Waals surface area contributed by atoms with Crippen molar-refractivity contribution in [3.05, 3.63) is 53.1 Å². The normalized spacial score (nSPS) is 19.0. The van der Waals surface area contributed by atoms with Crippen LogP contribution >= 0.6 is 0 Å². The van der Waals surface area contributed by atoms with Gasteiger partial charge in [0.2, 0.25) is 0 Å². The third kappa shape index (κ3) is 2.08. The fourth-order valence-corrected chi connectivity index (χ4v) is 2.10. The summed E-state index contributed by atoms with van der Waals surface area (Å²) in [6.45, 7) is 4.00. The largest absolute Gasteiger partial charge is 0.362 e. The van der Waals surface area contributed by atoms with Crippen molar-refractivity contribution in [1.29, 1.82) is 0 Å². The van der Waals surface area contributed by atoms with Crippen LogP contribution in [0.1, 0.15) is 24.5 Å². The van der Waals surface area contributed by atoms with Crippen molar-refractivity contribution in [3.8, 4) is 0 Å². The van der Waals surface area contributed by atoms with Crippen molar-refractivity contribution in [2.24, 2.45) is 0 Å². The Morgan fingerprint density at radius 3 is 2.44 bits per heavy atom. The summed E-state index contributed by atoms with van der Waals surface area (Å²) in [7, 11) is 0. The Labute approximate surface area is 95.6 Å². The van der Waals surface area contributed by atoms with Gasteiger partial charge in [0.1, 0.15) is 0 Å². The first-order valence-corrected chi connectivity index (χ1v) is 5.39. The Morgan fingerprint density at radius 2 is 1.81 bits per heavy atom. The van der Waals surface area contributed by atoms with Gasteiger partial charge < -0.3 is 10.2 Å². The highest BCUT2D eigenvalue weighted by Crippen LogP contribution is 2.32. The zero-order valence-electron chi connectivity index (χ0n) is 9.57. The first kappa shape index (κ1) is 11.1. The maximum absolute atomic E-state index is 9.51. The molecule has 2 rings (SSSR count). The average Bonchev–Trinajstić information content (AvgIpc) is 2.18. The minimum atomic E-state index is -1.68. The number of allylic oxidation sites excluding steroid dienone is 2. The molecule has 0 heterocycles. The Hall–Kier alpha value is -1.38. The summed E-state index contributed by atoms with van der Waals surface area (Å²) in [4.78, 5) is 0. The summed E-state index contributed by atoms with van der Waals surface area (Å²) in [5.74, 6) is -1.68. The average molecular weight is 216 g/mol. The Morgan fingerprint density at radius 1 is 1.12 bits per heavy atom. The van der Waals surface area contributed by atoms with Gasteiger partial charge >= 0.3 is 0 Å². The molecule has 0 amide bonds. The number of benzene rings is 1. The van der Waals surface area contributed by atoms with Gasteiger partial charge in [0.05, 0.1) is 0 Å². The number of hydrogen-bond acceptors (Lipinski definition) is 2. The van der Waals surface area contributed by atoms with Crippen molar-refractivity contribution in [1.82, 2.24) is 0 Å². The molecule has 1 aliphatic carbocycles. The molecule has 0 unspecified atom stereocenters. The number of rotatable bonds is 1. The summed E-state index contributed by atoms with van der Waals surface area (Å²) < 4.78 is 0. The number of aryl methyl sites for hydroxylation is 1. The zero-order valence-corrected chi connectivity index (χ0v) is 9.57. The molecule has 0 aliphatic heterocycles. The molecule has 2 heteroatoms. The molecule has 1 aromatic rings. The molecule has 2 nitrogen and oxygen atoms in total. The van der Waals surface area contributed by atoms with Crippen LogP contribution in [-0.2, 0) is 0 Å². The van der Waals surface area contributed by atoms with Gasteiger partial charge in [-0.25, -0.2) is 0 Å². The van der Waals surface area contributed by atoms with E-state index in [9.17, 15) is 10.2 Å². The lowest BCUT2D eigenvalue weighted by molar-refractivity contribution is -0.116. The van der Waals surface area contributed by atoms with E-state index >= 15 is 0 Å². The van der Waals surface area contributed by atoms with Crippen LogP contribution < -0.4 is 0 Å². The zero-order chi connectivity index (χ0) is 11.8. The van der Waals surface area contributed by atoms with Crippen LogP contribution in [0.2, 0.25) is 0 Å². The van der Waals surface area contributed by atoms with E-state index in [0.717, 1.165) is 16.7 Å². The molecule has 0 fully saturated rings. The van der Waals surface area contributed by atoms with Gasteiger partial charge in [0.15, 0.2) is 5.79 Å². The van der Waals surface area contributed by atoms with Crippen molar-refractivity contribution in [3.63, 3.8) is 0 Å². The summed E-state index contributed by atoms with van der Waals surface area (Å²) in [5, 5.41) is 19.0. The van der Waals surface area contributed by atoms with E-state index in [0.29, 0.717) is 0 Å². The van der Waals surface area contributed by atoms with Gasteiger partial charge in [-0.05, 0) is 36.6 Å². The predicted octanol–water partition coefficient (Wildman–Crippen LogP) is 2.41. The van der Waals surface area contributed by atoms with Crippen LogP contribution in [0.3, 0.4) is 0 Å². The van der Waals surface area contributed by atoms with E-state index in [1.807, 2.05) is 19.1 Å². The molecule has 0 aromatic heterocycles. The molecular weight excluding hydrogens is 200 g/mol. The van der Waals surface area contributed by atoms with Gasteiger partial charge in [0, 0.05) is 6.42 Å². The summed E-state index contributed by atoms with van der Waals surface area (Å²) in [6.07, 6.45) is 3.51. The molecule has 0 radical (unpaired) electrons. The van der Waals surface area contributed by atoms with Gasteiger partial charge in [0.25, 0.3) is 0 Å². The molecule has 16 heavy (non-hydrogen) atoms. The molecule has 2 N–H and O–H groups in total. The first-order chi connectivity index (χ1) is 7.49. The standard InChI is InChI=1S/C14H16O2/c1-10-5-3-4-6-12(10)13-7-8-14(15,16)9-11(13)2/h3-8,15-16H,9H2,1-2H3. The highest BCUT2D eigenvalue weighted by atomic mass is 16.5. The Bertz CT molecular complexity index is 467. The first-order valence-electron chi connectivity index (χ1n) is 5.39. The van der Waals surface area contributed by atoms with Gasteiger partial charge in [-0.1, -0.05) is 35.9 Å². The lowest BCUT2D eigenvalue weighted by atomic mass is 9.88. The maximum Gasteiger partial charge on any atom is 0.186 e. The van der Waals surface area contributed by atoms with Crippen LogP contribution in [-0.4, -0.2) is 16.0 Å². The SMILES string of the molecule is CC1=C(c2ccccc2C)C=CC(O)(O)C1. The summed E-state index contributed by atoms with van der Waals surface area (Å²) in [5.41, 5.74) is 4.45. The van der Waals surface area contributed by atoms with Crippen LogP contribution in [0, 0.1) is 6.92 Å². The van der Waals surface area contributed by atoms with Crippen molar-refractivity contribution >= 4 is 5.57 Å². The molecule has 0 bridgehead atoms. The van der Waals surface area contributed by atoms with Crippen LogP contribution in [0.4, 0.5) is 0 Å². The lowest BCUT2D eigenvalue weighted by Crippen LogP contribution is -2.27. The Balaban J connectivity index is 2.45. The summed E-state index contributed by atoms with van der Waals surface area (Å²) in [6, 6.07) is 8.11. The monoisotopic (exact) mass is 216 g/mol. The minimum absolute atomic E-state index is 0.271. The summed E-state index contributed by atoms with van der Waals surface area (Å²) >= 11 is 0. The molecule has 84 valence electrons. The highest BCUT2D eigenvalue weighted by Gasteiger charge is 2.25. The second-order valence-electron chi connectivity index (χ2n) is 4.40. The third-order valence-corrected chi connectivity index (χ3v) is 2.94. The van der Waals surface area contributed by atoms with E-state index in [2.05, 4.69) is 19.1 Å². The number of aliphatic hydroxyl groups is 2. The van der Waals surface area contributed by atoms with E-state index < -0.39 is 5.79 Å². The van der Waals surface area contributed by atoms with E-state index in [1.54, 1.807) is 6.08 Å². The van der Waals surface area contributed by atoms with Crippen LogP contribution in [0.15, 0.2) is 42.0 Å². The third-order valence-electron chi connectivity index (χ3n) is 2.94. The molecule has 0 spiro atoms. The van der Waals surface area contributed by atoms with E-state index in [1.165, 1.54) is 11.6 Å². The molecule has 0 saturated heterocycles. The molecule has 1 aliphatic rings. The van der Waals surface area contributed by atoms with Gasteiger partial charge in [-0.3, -0.25) is 0 Å². The van der Waals surface area contributed by atoms with Crippen molar-refractivity contribution in [2.75, 3.05) is 0 Å². The number of hydrogen-bond donors (Lipinski definition) is 2. The van der Waals surface area contributed by atoms with E-state index in [-0.39, 0.29) is 6.42 Å². The quantitative estimate of drug-likeness (QED) is 0.708. The highest BCUT2D eigenvalue weighted by molar-refractivity contribution is 5.79. The molecule has 1 aromatic carbocycles. The maximum atomic E-state index is 9.51. The topological polar surface area (TPSA) is 40.5 Å².